The standard InChI is InChI=1S/C27H24N6O3/c1-18-5-3-4-6-23(18)25-31-26(36-32-25)24-16-33(17-28-24)15-19-7-9-20(10-8-19)29-27(34)30-21-11-13-22(35-2)14-12-21/h3-14,16-17H,15H2,1-2H3,(H2,29,30,34). The first-order valence-electron chi connectivity index (χ1n) is 11.3. The second-order valence-corrected chi connectivity index (χ2v) is 8.17. The van der Waals surface area contributed by atoms with E-state index in [-0.39, 0.29) is 6.03 Å². The number of nitrogens with one attached hydrogen (secondary N) is 2. The molecule has 2 N–H and O–H groups in total. The van der Waals surface area contributed by atoms with Crippen LogP contribution in [0.4, 0.5) is 16.2 Å². The van der Waals surface area contributed by atoms with Gasteiger partial charge in [0.05, 0.1) is 13.4 Å². The number of anilines is 2. The van der Waals surface area contributed by atoms with Crippen molar-refractivity contribution in [3.05, 3.63) is 96.4 Å². The first-order valence-corrected chi connectivity index (χ1v) is 11.3. The fraction of sp³-hybridized carbons (Fsp3) is 0.111. The Kier molecular flexibility index (Phi) is 6.44. The van der Waals surface area contributed by atoms with E-state index in [9.17, 15) is 4.79 Å². The molecule has 9 heteroatoms. The molecule has 5 aromatic rings. The Bertz CT molecular complexity index is 1470. The summed E-state index contributed by atoms with van der Waals surface area (Å²) in [6.45, 7) is 2.61. The number of imidazole rings is 1. The van der Waals surface area contributed by atoms with Gasteiger partial charge in [-0.3, -0.25) is 0 Å². The normalized spacial score (nSPS) is 10.7. The molecule has 0 aliphatic carbocycles. The minimum absolute atomic E-state index is 0.322. The second kappa shape index (κ2) is 10.1. The molecule has 0 aliphatic heterocycles. The summed E-state index contributed by atoms with van der Waals surface area (Å²) in [6.07, 6.45) is 3.59. The quantitative estimate of drug-likeness (QED) is 0.314. The van der Waals surface area contributed by atoms with E-state index in [2.05, 4.69) is 25.8 Å². The van der Waals surface area contributed by atoms with Crippen molar-refractivity contribution < 1.29 is 14.1 Å². The van der Waals surface area contributed by atoms with E-state index >= 15 is 0 Å². The van der Waals surface area contributed by atoms with Gasteiger partial charge in [-0.25, -0.2) is 9.78 Å². The van der Waals surface area contributed by atoms with Crippen LogP contribution in [-0.2, 0) is 6.54 Å². The molecule has 180 valence electrons. The molecule has 0 saturated carbocycles. The Labute approximate surface area is 207 Å². The van der Waals surface area contributed by atoms with Crippen molar-refractivity contribution in [2.24, 2.45) is 0 Å². The topological polar surface area (TPSA) is 107 Å². The van der Waals surface area contributed by atoms with E-state index in [1.807, 2.05) is 66.2 Å². The number of carbonyl (C=O) groups is 1. The van der Waals surface area contributed by atoms with Gasteiger partial charge < -0.3 is 24.5 Å². The van der Waals surface area contributed by atoms with E-state index < -0.39 is 0 Å². The Morgan fingerprint density at radius 2 is 1.67 bits per heavy atom. The minimum atomic E-state index is -0.322. The number of benzene rings is 3. The third-order valence-corrected chi connectivity index (χ3v) is 5.59. The maximum absolute atomic E-state index is 12.3. The molecule has 0 bridgehead atoms. The highest BCUT2D eigenvalue weighted by Crippen LogP contribution is 2.24. The predicted molar refractivity (Wildman–Crippen MR) is 137 cm³/mol. The van der Waals surface area contributed by atoms with Crippen molar-refractivity contribution >= 4 is 17.4 Å². The summed E-state index contributed by atoms with van der Waals surface area (Å²) < 4.78 is 12.5. The molecule has 0 radical (unpaired) electrons. The highest BCUT2D eigenvalue weighted by molar-refractivity contribution is 5.99. The molecule has 36 heavy (non-hydrogen) atoms. The lowest BCUT2D eigenvalue weighted by Crippen LogP contribution is -2.19. The van der Waals surface area contributed by atoms with E-state index in [1.54, 1.807) is 37.7 Å². The SMILES string of the molecule is COc1ccc(NC(=O)Nc2ccc(Cn3cnc(-c4nc(-c5ccccc5C)no4)c3)cc2)cc1. The predicted octanol–water partition coefficient (Wildman–Crippen LogP) is 5.61. The van der Waals surface area contributed by atoms with Crippen LogP contribution in [0.25, 0.3) is 23.0 Å². The van der Waals surface area contributed by atoms with Gasteiger partial charge in [0.15, 0.2) is 0 Å². The number of amides is 2. The number of hydrogen-bond acceptors (Lipinski definition) is 6. The molecule has 0 aliphatic rings. The summed E-state index contributed by atoms with van der Waals surface area (Å²) in [5.74, 6) is 1.64. The Hall–Kier alpha value is -4.92. The van der Waals surface area contributed by atoms with Crippen molar-refractivity contribution in [1.82, 2.24) is 19.7 Å². The fourth-order valence-corrected chi connectivity index (χ4v) is 3.69. The molecule has 0 fully saturated rings. The van der Waals surface area contributed by atoms with Gasteiger partial charge in [-0.2, -0.15) is 4.98 Å². The first kappa shape index (κ1) is 22.9. The number of urea groups is 1. The van der Waals surface area contributed by atoms with Crippen molar-refractivity contribution in [2.75, 3.05) is 17.7 Å². The average Bonchev–Trinajstić information content (AvgIpc) is 3.56. The summed E-state index contributed by atoms with van der Waals surface area (Å²) in [4.78, 5) is 21.2. The summed E-state index contributed by atoms with van der Waals surface area (Å²) in [5.41, 5.74) is 5.02. The Morgan fingerprint density at radius 1 is 0.972 bits per heavy atom. The Morgan fingerprint density at radius 3 is 2.36 bits per heavy atom. The molecular weight excluding hydrogens is 456 g/mol. The van der Waals surface area contributed by atoms with Crippen LogP contribution in [0.2, 0.25) is 0 Å². The summed E-state index contributed by atoms with van der Waals surface area (Å²) >= 11 is 0. The number of aryl methyl sites for hydroxylation is 1. The second-order valence-electron chi connectivity index (χ2n) is 8.17. The summed E-state index contributed by atoms with van der Waals surface area (Å²) in [5, 5.41) is 9.72. The first-order chi connectivity index (χ1) is 17.6. The van der Waals surface area contributed by atoms with E-state index in [0.29, 0.717) is 35.3 Å². The molecule has 2 aromatic heterocycles. The number of nitrogens with zero attached hydrogens (tertiary/aromatic N) is 4. The van der Waals surface area contributed by atoms with Gasteiger partial charge in [0.1, 0.15) is 11.4 Å². The zero-order valence-corrected chi connectivity index (χ0v) is 19.8. The van der Waals surface area contributed by atoms with E-state index in [0.717, 1.165) is 22.4 Å². The van der Waals surface area contributed by atoms with Gasteiger partial charge in [-0.1, -0.05) is 41.6 Å². The van der Waals surface area contributed by atoms with Gasteiger partial charge in [0.25, 0.3) is 5.89 Å². The number of rotatable bonds is 7. The maximum Gasteiger partial charge on any atom is 0.323 e. The fourth-order valence-electron chi connectivity index (χ4n) is 3.69. The van der Waals surface area contributed by atoms with Crippen LogP contribution in [0, 0.1) is 6.92 Å². The smallest absolute Gasteiger partial charge is 0.323 e. The number of aromatic nitrogens is 4. The molecule has 0 spiro atoms. The van der Waals surface area contributed by atoms with Crippen LogP contribution < -0.4 is 15.4 Å². The van der Waals surface area contributed by atoms with Gasteiger partial charge in [-0.05, 0) is 54.4 Å². The molecule has 2 amide bonds. The molecule has 3 aromatic carbocycles. The van der Waals surface area contributed by atoms with Gasteiger partial charge in [0, 0.05) is 29.7 Å². The summed E-state index contributed by atoms with van der Waals surface area (Å²) in [7, 11) is 1.60. The lowest BCUT2D eigenvalue weighted by Gasteiger charge is -2.09. The number of methoxy groups -OCH3 is 1. The number of carbonyl (C=O) groups excluding carboxylic acids is 1. The monoisotopic (exact) mass is 480 g/mol. The molecule has 9 nitrogen and oxygen atoms in total. The van der Waals surface area contributed by atoms with Crippen molar-refractivity contribution in [3.63, 3.8) is 0 Å². The third-order valence-electron chi connectivity index (χ3n) is 5.59. The largest absolute Gasteiger partial charge is 0.497 e. The van der Waals surface area contributed by atoms with Crippen LogP contribution in [0.5, 0.6) is 5.75 Å². The van der Waals surface area contributed by atoms with Gasteiger partial charge >= 0.3 is 6.03 Å². The average molecular weight is 481 g/mol. The van der Waals surface area contributed by atoms with Gasteiger partial charge in [0.2, 0.25) is 5.82 Å². The lowest BCUT2D eigenvalue weighted by molar-refractivity contribution is 0.262. The molecule has 0 atom stereocenters. The zero-order chi connectivity index (χ0) is 24.9. The molecule has 2 heterocycles. The lowest BCUT2D eigenvalue weighted by atomic mass is 10.1. The number of hydrogen-bond donors (Lipinski definition) is 2. The van der Waals surface area contributed by atoms with Gasteiger partial charge in [-0.15, -0.1) is 0 Å². The third kappa shape index (κ3) is 5.25. The molecule has 5 rings (SSSR count). The molecule has 0 saturated heterocycles. The zero-order valence-electron chi connectivity index (χ0n) is 19.8. The summed E-state index contributed by atoms with van der Waals surface area (Å²) in [6, 6.07) is 22.3. The highest BCUT2D eigenvalue weighted by Gasteiger charge is 2.14. The van der Waals surface area contributed by atoms with E-state index in [1.165, 1.54) is 0 Å². The van der Waals surface area contributed by atoms with Crippen LogP contribution in [0.15, 0.2) is 89.8 Å². The van der Waals surface area contributed by atoms with Crippen molar-refractivity contribution in [1.29, 1.82) is 0 Å². The van der Waals surface area contributed by atoms with Crippen LogP contribution in [-0.4, -0.2) is 32.8 Å². The molecule has 0 unspecified atom stereocenters. The van der Waals surface area contributed by atoms with Crippen LogP contribution in [0.1, 0.15) is 11.1 Å². The Balaban J connectivity index is 1.19. The highest BCUT2D eigenvalue weighted by atomic mass is 16.5. The van der Waals surface area contributed by atoms with Crippen LogP contribution >= 0.6 is 0 Å². The van der Waals surface area contributed by atoms with E-state index in [4.69, 9.17) is 9.26 Å². The van der Waals surface area contributed by atoms with Crippen LogP contribution in [0.3, 0.4) is 0 Å². The maximum atomic E-state index is 12.3. The van der Waals surface area contributed by atoms with Crippen molar-refractivity contribution in [3.8, 4) is 28.7 Å². The van der Waals surface area contributed by atoms with Crippen molar-refractivity contribution in [2.45, 2.75) is 13.5 Å². The number of ether oxygens (including phenoxy) is 1. The minimum Gasteiger partial charge on any atom is -0.497 e. The molecular formula is C27H24N6O3.